The van der Waals surface area contributed by atoms with E-state index in [1.54, 1.807) is 0 Å². The third-order valence-electron chi connectivity index (χ3n) is 2.08. The molecule has 2 N–H and O–H groups in total. The van der Waals surface area contributed by atoms with Crippen molar-refractivity contribution >= 4 is 5.69 Å². The largest absolute Gasteiger partial charge is 0.398 e. The lowest BCUT2D eigenvalue weighted by Gasteiger charge is -2.06. The first kappa shape index (κ1) is 9.42. The van der Waals surface area contributed by atoms with Gasteiger partial charge in [-0.25, -0.2) is 0 Å². The van der Waals surface area contributed by atoms with Gasteiger partial charge in [0.1, 0.15) is 0 Å². The smallest absolute Gasteiger partial charge is 0.0511 e. The summed E-state index contributed by atoms with van der Waals surface area (Å²) < 4.78 is 0. The Kier molecular flexibility index (Phi) is 2.77. The summed E-state index contributed by atoms with van der Waals surface area (Å²) in [4.78, 5) is 2.70. The molecule has 0 unspecified atom stereocenters. The zero-order valence-electron chi connectivity index (χ0n) is 7.78. The molecule has 4 heteroatoms. The fourth-order valence-corrected chi connectivity index (χ4v) is 1.17. The van der Waals surface area contributed by atoms with Crippen LogP contribution < -0.4 is 5.73 Å². The fourth-order valence-electron chi connectivity index (χ4n) is 1.17. The summed E-state index contributed by atoms with van der Waals surface area (Å²) >= 11 is 0. The van der Waals surface area contributed by atoms with E-state index in [4.69, 9.17) is 11.3 Å². The Bertz CT molecular complexity index is 341. The van der Waals surface area contributed by atoms with Gasteiger partial charge in [0, 0.05) is 10.6 Å². The first-order chi connectivity index (χ1) is 6.15. The van der Waals surface area contributed by atoms with Crippen LogP contribution in [-0.2, 0) is 6.54 Å². The van der Waals surface area contributed by atoms with Crippen molar-refractivity contribution in [1.29, 1.82) is 0 Å². The second-order valence-corrected chi connectivity index (χ2v) is 3.02. The molecular weight excluding hydrogens is 164 g/mol. The SMILES string of the molecule is Cc1cc(CN=[N+]=[N-])cc(N)c1C. The molecule has 0 saturated heterocycles. The maximum Gasteiger partial charge on any atom is 0.0511 e. The third kappa shape index (κ3) is 2.13. The summed E-state index contributed by atoms with van der Waals surface area (Å²) in [5.74, 6) is 0. The van der Waals surface area contributed by atoms with Crippen molar-refractivity contribution in [3.63, 3.8) is 0 Å². The van der Waals surface area contributed by atoms with E-state index in [9.17, 15) is 0 Å². The van der Waals surface area contributed by atoms with Crippen LogP contribution in [0.2, 0.25) is 0 Å². The number of benzene rings is 1. The van der Waals surface area contributed by atoms with E-state index >= 15 is 0 Å². The lowest BCUT2D eigenvalue weighted by atomic mass is 10.0. The molecular formula is C9H12N4. The van der Waals surface area contributed by atoms with Crippen LogP contribution >= 0.6 is 0 Å². The van der Waals surface area contributed by atoms with Crippen LogP contribution in [0.5, 0.6) is 0 Å². The van der Waals surface area contributed by atoms with Crippen molar-refractivity contribution < 1.29 is 0 Å². The minimum absolute atomic E-state index is 0.363. The van der Waals surface area contributed by atoms with Crippen LogP contribution in [0.3, 0.4) is 0 Å². The fraction of sp³-hybridized carbons (Fsp3) is 0.333. The number of hydrogen-bond donors (Lipinski definition) is 1. The highest BCUT2D eigenvalue weighted by atomic mass is 15.1. The van der Waals surface area contributed by atoms with Crippen LogP contribution in [0.15, 0.2) is 17.2 Å². The van der Waals surface area contributed by atoms with Gasteiger partial charge in [0.25, 0.3) is 0 Å². The van der Waals surface area contributed by atoms with Gasteiger partial charge in [-0.15, -0.1) is 0 Å². The van der Waals surface area contributed by atoms with Crippen LogP contribution in [0.25, 0.3) is 10.4 Å². The van der Waals surface area contributed by atoms with Gasteiger partial charge < -0.3 is 5.73 Å². The molecule has 0 amide bonds. The van der Waals surface area contributed by atoms with E-state index in [0.717, 1.165) is 22.4 Å². The molecule has 1 rings (SSSR count). The van der Waals surface area contributed by atoms with Crippen molar-refractivity contribution in [2.24, 2.45) is 5.11 Å². The number of azide groups is 1. The van der Waals surface area contributed by atoms with Crippen molar-refractivity contribution in [2.45, 2.75) is 20.4 Å². The molecule has 1 aromatic carbocycles. The Labute approximate surface area is 77.0 Å². The number of nitrogens with zero attached hydrogens (tertiary/aromatic N) is 3. The molecule has 0 aromatic heterocycles. The van der Waals surface area contributed by atoms with Crippen LogP contribution in [-0.4, -0.2) is 0 Å². The predicted octanol–water partition coefficient (Wildman–Crippen LogP) is 2.70. The lowest BCUT2D eigenvalue weighted by molar-refractivity contribution is 1.04. The highest BCUT2D eigenvalue weighted by Gasteiger charge is 2.00. The molecule has 4 nitrogen and oxygen atoms in total. The van der Waals surface area contributed by atoms with Crippen molar-refractivity contribution in [3.05, 3.63) is 39.3 Å². The second-order valence-electron chi connectivity index (χ2n) is 3.02. The minimum Gasteiger partial charge on any atom is -0.398 e. The summed E-state index contributed by atoms with van der Waals surface area (Å²) in [6, 6.07) is 3.83. The van der Waals surface area contributed by atoms with Gasteiger partial charge in [-0.2, -0.15) is 0 Å². The number of nitrogen functional groups attached to an aromatic ring is 1. The minimum atomic E-state index is 0.363. The molecule has 0 saturated carbocycles. The molecule has 0 heterocycles. The second kappa shape index (κ2) is 3.83. The molecule has 0 atom stereocenters. The van der Waals surface area contributed by atoms with Crippen molar-refractivity contribution in [2.75, 3.05) is 5.73 Å². The number of aryl methyl sites for hydroxylation is 1. The molecule has 0 fully saturated rings. The molecule has 0 aliphatic heterocycles. The predicted molar refractivity (Wildman–Crippen MR) is 53.2 cm³/mol. The molecule has 0 spiro atoms. The highest BCUT2D eigenvalue weighted by Crippen LogP contribution is 2.18. The molecule has 0 radical (unpaired) electrons. The summed E-state index contributed by atoms with van der Waals surface area (Å²) in [6.07, 6.45) is 0. The third-order valence-corrected chi connectivity index (χ3v) is 2.08. The number of nitrogens with two attached hydrogens (primary N) is 1. The van der Waals surface area contributed by atoms with E-state index in [2.05, 4.69) is 10.0 Å². The number of rotatable bonds is 2. The number of hydrogen-bond acceptors (Lipinski definition) is 2. The molecule has 0 bridgehead atoms. The van der Waals surface area contributed by atoms with Gasteiger partial charge in [-0.3, -0.25) is 0 Å². The first-order valence-electron chi connectivity index (χ1n) is 4.01. The Morgan fingerprint density at radius 1 is 1.46 bits per heavy atom. The average molecular weight is 176 g/mol. The molecule has 68 valence electrons. The molecule has 1 aromatic rings. The average Bonchev–Trinajstić information content (AvgIpc) is 2.10. The Balaban J connectivity index is 3.05. The van der Waals surface area contributed by atoms with Gasteiger partial charge in [-0.1, -0.05) is 11.2 Å². The Morgan fingerprint density at radius 3 is 2.69 bits per heavy atom. The zero-order valence-corrected chi connectivity index (χ0v) is 7.78. The van der Waals surface area contributed by atoms with Gasteiger partial charge in [0.05, 0.1) is 6.54 Å². The molecule has 13 heavy (non-hydrogen) atoms. The first-order valence-corrected chi connectivity index (χ1v) is 4.01. The van der Waals surface area contributed by atoms with Crippen molar-refractivity contribution in [1.82, 2.24) is 0 Å². The topological polar surface area (TPSA) is 74.8 Å². The summed E-state index contributed by atoms with van der Waals surface area (Å²) in [6.45, 7) is 4.33. The maximum atomic E-state index is 8.15. The molecule has 0 aliphatic carbocycles. The highest BCUT2D eigenvalue weighted by molar-refractivity contribution is 5.52. The lowest BCUT2D eigenvalue weighted by Crippen LogP contribution is -1.94. The van der Waals surface area contributed by atoms with Crippen LogP contribution in [0, 0.1) is 13.8 Å². The normalized spacial score (nSPS) is 9.38. The van der Waals surface area contributed by atoms with E-state index < -0.39 is 0 Å². The summed E-state index contributed by atoms with van der Waals surface area (Å²) in [5, 5.41) is 3.48. The van der Waals surface area contributed by atoms with Gasteiger partial charge in [-0.05, 0) is 42.1 Å². The van der Waals surface area contributed by atoms with E-state index in [0.29, 0.717) is 6.54 Å². The van der Waals surface area contributed by atoms with E-state index in [1.807, 2.05) is 26.0 Å². The Morgan fingerprint density at radius 2 is 2.15 bits per heavy atom. The molecule has 0 aliphatic rings. The summed E-state index contributed by atoms with van der Waals surface area (Å²) in [5.41, 5.74) is 17.8. The Hall–Kier alpha value is -1.67. The zero-order chi connectivity index (χ0) is 9.84. The number of anilines is 1. The quantitative estimate of drug-likeness (QED) is 0.320. The van der Waals surface area contributed by atoms with Crippen molar-refractivity contribution in [3.8, 4) is 0 Å². The van der Waals surface area contributed by atoms with Crippen LogP contribution in [0.1, 0.15) is 16.7 Å². The van der Waals surface area contributed by atoms with Gasteiger partial charge in [0.2, 0.25) is 0 Å². The van der Waals surface area contributed by atoms with Gasteiger partial charge in [0.15, 0.2) is 0 Å². The standard InChI is InChI=1S/C9H12N4/c1-6-3-8(5-12-13-11)4-9(10)7(6)2/h3-4H,5,10H2,1-2H3. The van der Waals surface area contributed by atoms with E-state index in [1.165, 1.54) is 0 Å². The van der Waals surface area contributed by atoms with E-state index in [-0.39, 0.29) is 0 Å². The maximum absolute atomic E-state index is 8.15. The summed E-state index contributed by atoms with van der Waals surface area (Å²) in [7, 11) is 0. The van der Waals surface area contributed by atoms with Gasteiger partial charge >= 0.3 is 0 Å². The monoisotopic (exact) mass is 176 g/mol. The van der Waals surface area contributed by atoms with Crippen LogP contribution in [0.4, 0.5) is 5.69 Å².